The Bertz CT molecular complexity index is 3740. The summed E-state index contributed by atoms with van der Waals surface area (Å²) in [4.78, 5) is 182. The highest BCUT2D eigenvalue weighted by Crippen LogP contribution is 2.26. The van der Waals surface area contributed by atoms with Gasteiger partial charge in [-0.3, -0.25) is 57.7 Å². The summed E-state index contributed by atoms with van der Waals surface area (Å²) < 4.78 is 0. The van der Waals surface area contributed by atoms with Crippen molar-refractivity contribution in [1.29, 1.82) is 0 Å². The minimum absolute atomic E-state index is 0.00762. The fourth-order valence-electron chi connectivity index (χ4n) is 11.5. The van der Waals surface area contributed by atoms with E-state index >= 15 is 19.2 Å². The van der Waals surface area contributed by atoms with Crippen molar-refractivity contribution in [2.24, 2.45) is 22.4 Å². The number of nitrogens with zero attached hydrogens (tertiary/aromatic N) is 2. The molecule has 3 saturated heterocycles. The number of rotatable bonds is 14. The molecule has 0 spiro atoms. The van der Waals surface area contributed by atoms with Gasteiger partial charge in [0.05, 0.1) is 6.42 Å². The Labute approximate surface area is 566 Å². The number of carboxylic acid groups (broad SMARTS) is 1. The number of fused-ring (bicyclic) bond motifs is 6. The van der Waals surface area contributed by atoms with Crippen molar-refractivity contribution in [3.8, 4) is 0 Å². The van der Waals surface area contributed by atoms with Crippen molar-refractivity contribution >= 4 is 132 Å². The molecule has 11 amide bonds. The molecule has 3 fully saturated rings. The first kappa shape index (κ1) is 72.4. The van der Waals surface area contributed by atoms with Crippen LogP contribution in [0.3, 0.4) is 0 Å². The second kappa shape index (κ2) is 34.3. The summed E-state index contributed by atoms with van der Waals surface area (Å²) in [6.07, 6.45) is 0.522. The van der Waals surface area contributed by atoms with Crippen LogP contribution in [0, 0.1) is 5.92 Å². The summed E-state index contributed by atoms with van der Waals surface area (Å²) in [5, 5.41) is 39.8. The summed E-state index contributed by atoms with van der Waals surface area (Å²) in [6, 6.07) is 11.1. The van der Waals surface area contributed by atoms with Crippen LogP contribution in [0.4, 0.5) is 0 Å². The molecule has 8 rings (SSSR count). The van der Waals surface area contributed by atoms with Gasteiger partial charge in [-0.2, -0.15) is 0 Å². The van der Waals surface area contributed by atoms with E-state index in [9.17, 15) is 43.5 Å². The van der Waals surface area contributed by atoms with Gasteiger partial charge in [-0.1, -0.05) is 120 Å². The van der Waals surface area contributed by atoms with Gasteiger partial charge in [0.25, 0.3) is 0 Å². The number of para-hydroxylation sites is 1. The lowest BCUT2D eigenvalue weighted by atomic mass is 9.99. The highest BCUT2D eigenvalue weighted by molar-refractivity contribution is 8.76. The van der Waals surface area contributed by atoms with Gasteiger partial charge < -0.3 is 79.6 Å². The first-order valence-corrected chi connectivity index (χ1v) is 34.3. The van der Waals surface area contributed by atoms with E-state index in [-0.39, 0.29) is 81.4 Å². The maximum Gasteiger partial charge on any atom is 0.328 e. The number of carboxylic acids is 1. The summed E-state index contributed by atoms with van der Waals surface area (Å²) in [5.74, 6) is -12.4. The second-order valence-corrected chi connectivity index (χ2v) is 27.2. The van der Waals surface area contributed by atoms with Gasteiger partial charge in [-0.25, -0.2) is 4.79 Å². The third kappa shape index (κ3) is 20.5. The standard InChI is InChI=1S/C65H80ClN15O13S2/c1-34(2)24-45-55(84)73-44(14-8-22-69-65(67)68)63(92)81-23-9-15-53(81)62(91)79-50(64(93)94)31-71-54(83)29-49-59(88)80-52(61(90)76-47(57(86)74-45)27-37-16-19-38-10-4-5-11-39(38)25-37)33-96-95-32-51(72-35(3)82)60(89)75-46(26-36-17-20-41(66)21-18-36)56(85)77-48(58(87)78-49)28-40-30-70-43-13-7-6-12-42(40)43/h4-7,10-13,16-21,25,30,34,44-53,70H,8-9,14-15,22-24,26-29,31-33H2,1-3H3,(H,71,83)(H,72,82)(H,73,84)(H,74,86)(H,75,89)(H,76,90)(H,77,85)(H,78,87)(H,79,91)(H,80,88)(H,93,94)(H4,67,68,69)/t44-,45-,46+,47+,48+,49-,50-,51+,52-,53-/m0/s1. The Morgan fingerprint density at radius 3 is 1.97 bits per heavy atom. The Balaban J connectivity index is 1.22. The Morgan fingerprint density at radius 2 is 1.26 bits per heavy atom. The molecule has 10 atom stereocenters. The zero-order valence-corrected chi connectivity index (χ0v) is 55.5. The third-order valence-electron chi connectivity index (χ3n) is 16.4. The Kier molecular flexibility index (Phi) is 25.9. The summed E-state index contributed by atoms with van der Waals surface area (Å²) in [7, 11) is 1.94. The van der Waals surface area contributed by atoms with E-state index in [0.29, 0.717) is 39.0 Å². The molecule has 5 aromatic rings. The van der Waals surface area contributed by atoms with Gasteiger partial charge in [-0.15, -0.1) is 0 Å². The molecule has 16 N–H and O–H groups in total. The van der Waals surface area contributed by atoms with E-state index in [0.717, 1.165) is 32.4 Å². The molecule has 3 aliphatic rings. The number of H-pyrrole nitrogens is 1. The van der Waals surface area contributed by atoms with Crippen LogP contribution in [0.1, 0.15) is 76.0 Å². The monoisotopic (exact) mass is 1380 g/mol. The minimum Gasteiger partial charge on any atom is -0.480 e. The molecule has 4 heterocycles. The Hall–Kier alpha value is -9.42. The third-order valence-corrected chi connectivity index (χ3v) is 19.0. The number of carbonyl (C=O) groups is 12. The molecule has 3 aliphatic heterocycles. The normalized spacial score (nSPS) is 24.4. The van der Waals surface area contributed by atoms with Gasteiger partial charge in [0.1, 0.15) is 60.4 Å². The van der Waals surface area contributed by atoms with Crippen molar-refractivity contribution in [3.63, 3.8) is 0 Å². The zero-order valence-electron chi connectivity index (χ0n) is 53.1. The molecule has 4 aromatic carbocycles. The van der Waals surface area contributed by atoms with Crippen LogP contribution >= 0.6 is 33.2 Å². The van der Waals surface area contributed by atoms with Gasteiger partial charge in [0.2, 0.25) is 65.0 Å². The van der Waals surface area contributed by atoms with Gasteiger partial charge in [-0.05, 0) is 83.7 Å². The number of benzene rings is 4. The highest BCUT2D eigenvalue weighted by atomic mass is 35.5. The first-order chi connectivity index (χ1) is 45.9. The number of aliphatic imine (C=N–C) groups is 1. The molecule has 1 aromatic heterocycles. The number of carbonyl (C=O) groups excluding carboxylic acids is 11. The van der Waals surface area contributed by atoms with E-state index in [2.05, 4.69) is 63.1 Å². The number of aliphatic carboxylic acids is 1. The van der Waals surface area contributed by atoms with Crippen LogP contribution in [0.25, 0.3) is 21.7 Å². The zero-order chi connectivity index (χ0) is 69.2. The van der Waals surface area contributed by atoms with Crippen molar-refractivity contribution in [1.82, 2.24) is 63.1 Å². The number of aromatic amines is 1. The molecule has 0 saturated carbocycles. The molecular weight excluding hydrogens is 1300 g/mol. The van der Waals surface area contributed by atoms with E-state index < -0.39 is 144 Å². The van der Waals surface area contributed by atoms with Crippen LogP contribution in [-0.4, -0.2) is 183 Å². The van der Waals surface area contributed by atoms with Gasteiger partial charge >= 0.3 is 5.97 Å². The minimum atomic E-state index is -1.94. The number of guanidine groups is 1. The molecule has 2 bridgehead atoms. The summed E-state index contributed by atoms with van der Waals surface area (Å²) in [6.45, 7) is 4.06. The first-order valence-electron chi connectivity index (χ1n) is 31.5. The summed E-state index contributed by atoms with van der Waals surface area (Å²) >= 11 is 6.23. The molecule has 96 heavy (non-hydrogen) atoms. The molecule has 0 aliphatic carbocycles. The number of amides is 11. The lowest BCUT2D eigenvalue weighted by molar-refractivity contribution is -0.145. The van der Waals surface area contributed by atoms with E-state index in [1.54, 1.807) is 74.6 Å². The number of aromatic nitrogens is 1. The van der Waals surface area contributed by atoms with E-state index in [1.807, 2.05) is 36.4 Å². The van der Waals surface area contributed by atoms with Crippen LogP contribution in [0.15, 0.2) is 102 Å². The quantitative estimate of drug-likeness (QED) is 0.0311. The number of nitrogens with two attached hydrogens (primary N) is 2. The number of hydrogen-bond acceptors (Lipinski definition) is 15. The molecule has 0 radical (unpaired) electrons. The van der Waals surface area contributed by atoms with Crippen molar-refractivity contribution in [3.05, 3.63) is 119 Å². The highest BCUT2D eigenvalue weighted by Gasteiger charge is 2.41. The molecule has 31 heteroatoms. The van der Waals surface area contributed by atoms with Gasteiger partial charge in [0, 0.05) is 79.4 Å². The molecule has 0 unspecified atom stereocenters. The maximum atomic E-state index is 15.3. The predicted molar refractivity (Wildman–Crippen MR) is 362 cm³/mol. The second-order valence-electron chi connectivity index (χ2n) is 24.2. The molecule has 28 nitrogen and oxygen atoms in total. The van der Waals surface area contributed by atoms with Gasteiger partial charge in [0.15, 0.2) is 5.96 Å². The summed E-state index contributed by atoms with van der Waals surface area (Å²) in [5.41, 5.74) is 13.5. The number of nitrogens with one attached hydrogen (secondary N) is 11. The van der Waals surface area contributed by atoms with Crippen molar-refractivity contribution in [2.75, 3.05) is 31.1 Å². The average molecular weight is 1380 g/mol. The van der Waals surface area contributed by atoms with Crippen LogP contribution in [-0.2, 0) is 76.8 Å². The molecular formula is C65H80ClN15O13S2. The smallest absolute Gasteiger partial charge is 0.328 e. The molecule has 512 valence electrons. The fraction of sp³-hybridized carbons (Fsp3) is 0.431. The lowest BCUT2D eigenvalue weighted by Gasteiger charge is -2.31. The van der Waals surface area contributed by atoms with E-state index in [1.165, 1.54) is 11.8 Å². The average Bonchev–Trinajstić information content (AvgIpc) is 1.58. The van der Waals surface area contributed by atoms with E-state index in [4.69, 9.17) is 23.1 Å². The topological polar surface area (TPSA) is 429 Å². The van der Waals surface area contributed by atoms with Crippen LogP contribution in [0.2, 0.25) is 5.02 Å². The maximum absolute atomic E-state index is 15.3. The lowest BCUT2D eigenvalue weighted by Crippen LogP contribution is -2.61. The van der Waals surface area contributed by atoms with Crippen LogP contribution in [0.5, 0.6) is 0 Å². The number of halogens is 1. The predicted octanol–water partition coefficient (Wildman–Crippen LogP) is 0.476. The number of hydrogen-bond donors (Lipinski definition) is 14. The Morgan fingerprint density at radius 1 is 0.667 bits per heavy atom. The van der Waals surface area contributed by atoms with Crippen molar-refractivity contribution < 1.29 is 62.6 Å². The van der Waals surface area contributed by atoms with Crippen molar-refractivity contribution in [2.45, 2.75) is 139 Å². The largest absolute Gasteiger partial charge is 0.480 e. The van der Waals surface area contributed by atoms with Crippen LogP contribution < -0.4 is 64.6 Å². The fourth-order valence-corrected chi connectivity index (χ4v) is 13.9. The SMILES string of the molecule is CC(=O)N[C@@H]1CSSC[C@@H]2NC(=O)[C@H](CC(=O)NC[C@@H](C(=O)O)NC(=O)[C@@H]3CCCN3C(=O)[C@H](CCCN=C(N)N)NC(=O)[C@H](CC(C)C)NC(=O)[C@@H](Cc3ccc4ccccc4c3)NC2=O)NC(=O)[C@@H](Cc2c[nH]c3ccccc23)NC(=O)[C@@H](Cc2ccc(Cl)cc2)NC1=O.